The smallest absolute Gasteiger partial charge is 0.328 e. The monoisotopic (exact) mass is 370 g/mol. The number of anilines is 1. The van der Waals surface area contributed by atoms with E-state index in [0.717, 1.165) is 34.4 Å². The minimum absolute atomic E-state index is 0.118. The summed E-state index contributed by atoms with van der Waals surface area (Å²) in [6.07, 6.45) is 5.74. The number of nitrogens with zero attached hydrogens (tertiary/aromatic N) is 4. The third-order valence-corrected chi connectivity index (χ3v) is 4.67. The third-order valence-electron chi connectivity index (χ3n) is 4.67. The van der Waals surface area contributed by atoms with Gasteiger partial charge in [0, 0.05) is 61.5 Å². The highest BCUT2D eigenvalue weighted by Crippen LogP contribution is 2.32. The van der Waals surface area contributed by atoms with Crippen molar-refractivity contribution in [1.29, 1.82) is 0 Å². The van der Waals surface area contributed by atoms with Gasteiger partial charge in [-0.25, -0.2) is 4.79 Å². The van der Waals surface area contributed by atoms with E-state index in [-0.39, 0.29) is 6.54 Å². The molecule has 2 N–H and O–H groups in total. The number of aromatic nitrogens is 2. The lowest BCUT2D eigenvalue weighted by atomic mass is 10.0. The number of carbonyl (C=O) groups excluding carboxylic acids is 1. The predicted molar refractivity (Wildman–Crippen MR) is 100 cm³/mol. The molecule has 27 heavy (non-hydrogen) atoms. The molecule has 1 aliphatic rings. The van der Waals surface area contributed by atoms with Crippen LogP contribution in [0.3, 0.4) is 0 Å². The molecule has 1 fully saturated rings. The first kappa shape index (κ1) is 18.8. The second-order valence-corrected chi connectivity index (χ2v) is 6.94. The van der Waals surface area contributed by atoms with Crippen LogP contribution in [0.5, 0.6) is 0 Å². The number of rotatable bonds is 5. The number of likely N-dealkylation sites (N-methyl/N-ethyl adjacent to an activating group) is 1. The zero-order valence-corrected chi connectivity index (χ0v) is 15.3. The van der Waals surface area contributed by atoms with Crippen LogP contribution in [-0.2, 0) is 9.59 Å². The number of aliphatic hydroxyl groups is 1. The summed E-state index contributed by atoms with van der Waals surface area (Å²) in [7, 11) is 1.55. The summed E-state index contributed by atoms with van der Waals surface area (Å²) in [5.41, 5.74) is 1.61. The van der Waals surface area contributed by atoms with Gasteiger partial charge in [-0.15, -0.1) is 0 Å². The van der Waals surface area contributed by atoms with Gasteiger partial charge >= 0.3 is 5.97 Å². The van der Waals surface area contributed by atoms with Crippen LogP contribution >= 0.6 is 0 Å². The highest BCUT2D eigenvalue weighted by atomic mass is 16.4. The first-order valence-electron chi connectivity index (χ1n) is 8.62. The molecular formula is C19H22N4O4. The Bertz CT molecular complexity index is 914. The maximum Gasteiger partial charge on any atom is 0.328 e. The molecule has 1 aliphatic heterocycles. The van der Waals surface area contributed by atoms with Gasteiger partial charge < -0.3 is 20.0 Å². The van der Waals surface area contributed by atoms with Gasteiger partial charge in [0.2, 0.25) is 5.91 Å². The topological polar surface area (TPSA) is 107 Å². The molecule has 1 amide bonds. The maximum absolute atomic E-state index is 12.0. The summed E-state index contributed by atoms with van der Waals surface area (Å²) in [6, 6.07) is 3.83. The number of hydrogen-bond acceptors (Lipinski definition) is 6. The van der Waals surface area contributed by atoms with Crippen molar-refractivity contribution in [2.75, 3.05) is 31.6 Å². The summed E-state index contributed by atoms with van der Waals surface area (Å²) in [5.74, 6) is -1.64. The highest BCUT2D eigenvalue weighted by Gasteiger charge is 2.38. The van der Waals surface area contributed by atoms with E-state index in [2.05, 4.69) is 14.9 Å². The van der Waals surface area contributed by atoms with Gasteiger partial charge in [-0.3, -0.25) is 14.8 Å². The fourth-order valence-electron chi connectivity index (χ4n) is 3.42. The molecule has 0 saturated carbocycles. The second kappa shape index (κ2) is 7.32. The predicted octanol–water partition coefficient (Wildman–Crippen LogP) is 0.979. The molecule has 142 valence electrons. The first-order chi connectivity index (χ1) is 12.8. The van der Waals surface area contributed by atoms with Crippen molar-refractivity contribution in [2.24, 2.45) is 0 Å². The molecule has 0 radical (unpaired) electrons. The number of aryl methyl sites for hydroxylation is 1. The van der Waals surface area contributed by atoms with Crippen molar-refractivity contribution in [3.8, 4) is 0 Å². The van der Waals surface area contributed by atoms with Crippen LogP contribution in [0.1, 0.15) is 12.1 Å². The average molecular weight is 370 g/mol. The molecule has 1 saturated heterocycles. The number of fused-ring (bicyclic) bond motifs is 1. The molecule has 3 heterocycles. The largest absolute Gasteiger partial charge is 0.478 e. The lowest BCUT2D eigenvalue weighted by Crippen LogP contribution is -2.45. The SMILES string of the molecule is Cc1cc(N2CC[C@](O)(CN(C)C(=O)/C=C/C(=O)O)C2)c2cnccc2n1. The number of carboxylic acids is 1. The second-order valence-electron chi connectivity index (χ2n) is 6.94. The van der Waals surface area contributed by atoms with E-state index in [1.807, 2.05) is 19.1 Å². The average Bonchev–Trinajstić information content (AvgIpc) is 3.00. The normalized spacial score (nSPS) is 19.7. The number of amides is 1. The lowest BCUT2D eigenvalue weighted by molar-refractivity contribution is -0.132. The van der Waals surface area contributed by atoms with Gasteiger partial charge in [-0.05, 0) is 25.5 Å². The van der Waals surface area contributed by atoms with Crippen LogP contribution in [-0.4, -0.2) is 69.2 Å². The molecule has 0 spiro atoms. The van der Waals surface area contributed by atoms with Gasteiger partial charge in [-0.2, -0.15) is 0 Å². The highest BCUT2D eigenvalue weighted by molar-refractivity contribution is 5.94. The van der Waals surface area contributed by atoms with Gasteiger partial charge in [0.05, 0.1) is 12.1 Å². The molecule has 3 rings (SSSR count). The Morgan fingerprint density at radius 2 is 2.19 bits per heavy atom. The summed E-state index contributed by atoms with van der Waals surface area (Å²) in [4.78, 5) is 34.6. The van der Waals surface area contributed by atoms with Crippen molar-refractivity contribution in [3.63, 3.8) is 0 Å². The Balaban J connectivity index is 1.76. The third kappa shape index (κ3) is 4.22. The van der Waals surface area contributed by atoms with E-state index in [4.69, 9.17) is 5.11 Å². The van der Waals surface area contributed by atoms with Crippen LogP contribution in [0.25, 0.3) is 10.9 Å². The van der Waals surface area contributed by atoms with Crippen LogP contribution in [0, 0.1) is 6.92 Å². The summed E-state index contributed by atoms with van der Waals surface area (Å²) in [6.45, 7) is 3.04. The summed E-state index contributed by atoms with van der Waals surface area (Å²) >= 11 is 0. The number of carbonyl (C=O) groups is 2. The zero-order valence-electron chi connectivity index (χ0n) is 15.3. The van der Waals surface area contributed by atoms with E-state index in [1.165, 1.54) is 4.90 Å². The quantitative estimate of drug-likeness (QED) is 0.756. The Hall–Kier alpha value is -3.00. The van der Waals surface area contributed by atoms with Crippen molar-refractivity contribution in [3.05, 3.63) is 42.4 Å². The Labute approximate surface area is 156 Å². The molecule has 0 unspecified atom stereocenters. The van der Waals surface area contributed by atoms with Gasteiger partial charge in [0.25, 0.3) is 0 Å². The van der Waals surface area contributed by atoms with Crippen LogP contribution < -0.4 is 4.90 Å². The summed E-state index contributed by atoms with van der Waals surface area (Å²) < 4.78 is 0. The molecule has 2 aromatic rings. The number of β-amino-alcohol motifs (C(OH)–C–C–N with tert-alkyl or cyclic N) is 1. The molecule has 0 aliphatic carbocycles. The van der Waals surface area contributed by atoms with E-state index in [0.29, 0.717) is 19.5 Å². The first-order valence-corrected chi connectivity index (χ1v) is 8.62. The molecular weight excluding hydrogens is 348 g/mol. The van der Waals surface area contributed by atoms with Crippen molar-refractivity contribution in [2.45, 2.75) is 18.9 Å². The van der Waals surface area contributed by atoms with Gasteiger partial charge in [-0.1, -0.05) is 0 Å². The number of pyridine rings is 2. The van der Waals surface area contributed by atoms with Crippen molar-refractivity contribution in [1.82, 2.24) is 14.9 Å². The van der Waals surface area contributed by atoms with Crippen molar-refractivity contribution >= 4 is 28.5 Å². The van der Waals surface area contributed by atoms with Gasteiger partial charge in [0.1, 0.15) is 5.60 Å². The molecule has 0 aromatic carbocycles. The molecule has 8 nitrogen and oxygen atoms in total. The van der Waals surface area contributed by atoms with E-state index in [9.17, 15) is 14.7 Å². The fraction of sp³-hybridized carbons (Fsp3) is 0.368. The summed E-state index contributed by atoms with van der Waals surface area (Å²) in [5, 5.41) is 20.5. The Morgan fingerprint density at radius 3 is 2.93 bits per heavy atom. The standard InChI is InChI=1S/C19H22N4O4/c1-13-9-16(14-10-20-7-5-15(14)21-13)23-8-6-19(27,12-23)11-22(2)17(24)3-4-18(25)26/h3-5,7,9-10,27H,6,8,11-12H2,1-2H3,(H,25,26)/b4-3+/t19-/m0/s1. The zero-order chi connectivity index (χ0) is 19.6. The lowest BCUT2D eigenvalue weighted by Gasteiger charge is -2.29. The van der Waals surface area contributed by atoms with E-state index in [1.54, 1.807) is 19.4 Å². The minimum Gasteiger partial charge on any atom is -0.478 e. The molecule has 8 heteroatoms. The van der Waals surface area contributed by atoms with E-state index >= 15 is 0 Å². The van der Waals surface area contributed by atoms with Gasteiger partial charge in [0.15, 0.2) is 0 Å². The fourth-order valence-corrected chi connectivity index (χ4v) is 3.42. The molecule has 0 bridgehead atoms. The molecule has 1 atom stereocenters. The minimum atomic E-state index is -1.18. The Kier molecular flexibility index (Phi) is 5.09. The number of hydrogen-bond donors (Lipinski definition) is 2. The van der Waals surface area contributed by atoms with Crippen LogP contribution in [0.4, 0.5) is 5.69 Å². The number of aliphatic carboxylic acids is 1. The molecule has 2 aromatic heterocycles. The van der Waals surface area contributed by atoms with Crippen LogP contribution in [0.15, 0.2) is 36.7 Å². The Morgan fingerprint density at radius 1 is 1.41 bits per heavy atom. The van der Waals surface area contributed by atoms with Crippen LogP contribution in [0.2, 0.25) is 0 Å². The number of carboxylic acid groups (broad SMARTS) is 1. The maximum atomic E-state index is 12.0. The van der Waals surface area contributed by atoms with Crippen molar-refractivity contribution < 1.29 is 19.8 Å². The van der Waals surface area contributed by atoms with E-state index < -0.39 is 17.5 Å².